The predicted octanol–water partition coefficient (Wildman–Crippen LogP) is 4.77. The first kappa shape index (κ1) is 15.9. The summed E-state index contributed by atoms with van der Waals surface area (Å²) in [6.45, 7) is 2.13. The summed E-state index contributed by atoms with van der Waals surface area (Å²) in [5.41, 5.74) is -0.530. The van der Waals surface area contributed by atoms with Crippen LogP contribution < -0.4 is 0 Å². The molecule has 1 aromatic rings. The molecular weight excluding hydrogens is 272 g/mol. The Morgan fingerprint density at radius 1 is 1.33 bits per heavy atom. The summed E-state index contributed by atoms with van der Waals surface area (Å²) in [5.74, 6) is 0.603. The van der Waals surface area contributed by atoms with Gasteiger partial charge in [0.1, 0.15) is 0 Å². The van der Waals surface area contributed by atoms with Crippen molar-refractivity contribution in [2.45, 2.75) is 51.6 Å². The van der Waals surface area contributed by atoms with Crippen LogP contribution in [0, 0.1) is 22.7 Å². The third kappa shape index (κ3) is 3.24. The molecule has 1 N–H and O–H groups in total. The first-order chi connectivity index (χ1) is 10.0. The number of nitrogens with zero attached hydrogens (tertiary/aromatic N) is 1. The molecule has 0 saturated heterocycles. The molecular formula is C17H21F2NO. The fourth-order valence-electron chi connectivity index (χ4n) is 3.23. The molecule has 1 aromatic carbocycles. The zero-order valence-corrected chi connectivity index (χ0v) is 12.2. The molecule has 114 valence electrons. The smallest absolute Gasteiger partial charge is 0.263 e. The van der Waals surface area contributed by atoms with Gasteiger partial charge in [-0.05, 0) is 43.2 Å². The van der Waals surface area contributed by atoms with E-state index < -0.39 is 17.9 Å². The highest BCUT2D eigenvalue weighted by molar-refractivity contribution is 5.29. The quantitative estimate of drug-likeness (QED) is 0.869. The molecule has 0 aliphatic heterocycles. The maximum atomic E-state index is 12.8. The number of halogens is 2. The van der Waals surface area contributed by atoms with Crippen LogP contribution in [0.5, 0.6) is 0 Å². The Bertz CT molecular complexity index is 516. The van der Waals surface area contributed by atoms with Crippen LogP contribution in [0.1, 0.15) is 62.7 Å². The van der Waals surface area contributed by atoms with E-state index in [-0.39, 0.29) is 5.56 Å². The average Bonchev–Trinajstić information content (AvgIpc) is 2.54. The Morgan fingerprint density at radius 2 is 1.95 bits per heavy atom. The highest BCUT2D eigenvalue weighted by atomic mass is 19.3. The molecule has 2 nitrogen and oxygen atoms in total. The van der Waals surface area contributed by atoms with Crippen LogP contribution in [0.25, 0.3) is 0 Å². The standard InChI is InChI=1S/C17H21F2NO/c1-2-12-6-8-17(11-20,9-7-12)15(21)13-4-3-5-14(10-13)16(18)19/h3-5,10,12,15-16,21H,2,6-9H2,1H3. The van der Waals surface area contributed by atoms with E-state index in [1.165, 1.54) is 18.2 Å². The summed E-state index contributed by atoms with van der Waals surface area (Å²) in [6.07, 6.45) is 0.596. The topological polar surface area (TPSA) is 44.0 Å². The molecule has 0 heterocycles. The zero-order chi connectivity index (χ0) is 15.5. The van der Waals surface area contributed by atoms with Crippen molar-refractivity contribution in [1.82, 2.24) is 0 Å². The number of aliphatic hydroxyl groups is 1. The van der Waals surface area contributed by atoms with Crippen molar-refractivity contribution in [1.29, 1.82) is 5.26 Å². The first-order valence-corrected chi connectivity index (χ1v) is 7.49. The fourth-order valence-corrected chi connectivity index (χ4v) is 3.23. The van der Waals surface area contributed by atoms with E-state index in [2.05, 4.69) is 13.0 Å². The number of hydrogen-bond donors (Lipinski definition) is 1. The maximum Gasteiger partial charge on any atom is 0.263 e. The second-order valence-corrected chi connectivity index (χ2v) is 5.99. The Balaban J connectivity index is 2.23. The average molecular weight is 293 g/mol. The monoisotopic (exact) mass is 293 g/mol. The van der Waals surface area contributed by atoms with Crippen molar-refractivity contribution in [3.63, 3.8) is 0 Å². The van der Waals surface area contributed by atoms with Crippen LogP contribution in [0.15, 0.2) is 24.3 Å². The van der Waals surface area contributed by atoms with E-state index in [0.29, 0.717) is 24.3 Å². The molecule has 1 fully saturated rings. The van der Waals surface area contributed by atoms with Crippen molar-refractivity contribution >= 4 is 0 Å². The minimum absolute atomic E-state index is 0.109. The molecule has 0 aromatic heterocycles. The number of alkyl halides is 2. The van der Waals surface area contributed by atoms with Crippen molar-refractivity contribution in [2.75, 3.05) is 0 Å². The van der Waals surface area contributed by atoms with Crippen LogP contribution in [0.3, 0.4) is 0 Å². The zero-order valence-electron chi connectivity index (χ0n) is 12.2. The fraction of sp³-hybridized carbons (Fsp3) is 0.588. The van der Waals surface area contributed by atoms with Gasteiger partial charge in [-0.25, -0.2) is 8.78 Å². The van der Waals surface area contributed by atoms with Gasteiger partial charge in [-0.3, -0.25) is 0 Å². The lowest BCUT2D eigenvalue weighted by Gasteiger charge is -2.38. The second-order valence-electron chi connectivity index (χ2n) is 5.99. The first-order valence-electron chi connectivity index (χ1n) is 7.49. The molecule has 21 heavy (non-hydrogen) atoms. The van der Waals surface area contributed by atoms with Gasteiger partial charge < -0.3 is 5.11 Å². The molecule has 1 aliphatic rings. The Hall–Kier alpha value is -1.47. The van der Waals surface area contributed by atoms with Crippen molar-refractivity contribution in [3.8, 4) is 6.07 Å². The highest BCUT2D eigenvalue weighted by Crippen LogP contribution is 2.48. The normalized spacial score (nSPS) is 27.3. The van der Waals surface area contributed by atoms with Crippen molar-refractivity contribution < 1.29 is 13.9 Å². The summed E-state index contributed by atoms with van der Waals surface area (Å²) < 4.78 is 25.6. The van der Waals surface area contributed by atoms with Crippen molar-refractivity contribution in [2.24, 2.45) is 11.3 Å². The maximum absolute atomic E-state index is 12.8. The van der Waals surface area contributed by atoms with Gasteiger partial charge in [-0.1, -0.05) is 31.5 Å². The largest absolute Gasteiger partial charge is 0.387 e. The molecule has 0 bridgehead atoms. The Morgan fingerprint density at radius 3 is 2.48 bits per heavy atom. The van der Waals surface area contributed by atoms with Crippen LogP contribution >= 0.6 is 0 Å². The summed E-state index contributed by atoms with van der Waals surface area (Å²) in [6, 6.07) is 8.08. The van der Waals surface area contributed by atoms with Gasteiger partial charge in [0.15, 0.2) is 0 Å². The van der Waals surface area contributed by atoms with E-state index in [0.717, 1.165) is 19.3 Å². The molecule has 0 amide bonds. The van der Waals surface area contributed by atoms with Gasteiger partial charge in [-0.2, -0.15) is 5.26 Å². The lowest BCUT2D eigenvalue weighted by atomic mass is 9.66. The van der Waals surface area contributed by atoms with Gasteiger partial charge >= 0.3 is 0 Å². The molecule has 0 spiro atoms. The summed E-state index contributed by atoms with van der Waals surface area (Å²) >= 11 is 0. The predicted molar refractivity (Wildman–Crippen MR) is 76.7 cm³/mol. The number of aliphatic hydroxyl groups excluding tert-OH is 1. The lowest BCUT2D eigenvalue weighted by molar-refractivity contribution is 0.0240. The summed E-state index contributed by atoms with van der Waals surface area (Å²) in [4.78, 5) is 0. The number of hydrogen-bond acceptors (Lipinski definition) is 2. The van der Waals surface area contributed by atoms with Crippen molar-refractivity contribution in [3.05, 3.63) is 35.4 Å². The lowest BCUT2D eigenvalue weighted by Crippen LogP contribution is -2.32. The van der Waals surface area contributed by atoms with E-state index in [1.54, 1.807) is 6.07 Å². The molecule has 2 rings (SSSR count). The van der Waals surface area contributed by atoms with E-state index in [9.17, 15) is 19.1 Å². The summed E-state index contributed by atoms with van der Waals surface area (Å²) in [7, 11) is 0. The van der Waals surface area contributed by atoms with Gasteiger partial charge in [-0.15, -0.1) is 0 Å². The number of nitriles is 1. The number of benzene rings is 1. The van der Waals surface area contributed by atoms with Gasteiger partial charge in [0.2, 0.25) is 0 Å². The minimum atomic E-state index is -2.56. The molecule has 1 unspecified atom stereocenters. The minimum Gasteiger partial charge on any atom is -0.387 e. The van der Waals surface area contributed by atoms with Gasteiger partial charge in [0.05, 0.1) is 17.6 Å². The molecule has 0 radical (unpaired) electrons. The number of rotatable bonds is 4. The second kappa shape index (κ2) is 6.53. The third-order valence-corrected chi connectivity index (χ3v) is 4.80. The highest BCUT2D eigenvalue weighted by Gasteiger charge is 2.42. The summed E-state index contributed by atoms with van der Waals surface area (Å²) in [5, 5.41) is 20.1. The van der Waals surface area contributed by atoms with E-state index in [1.807, 2.05) is 0 Å². The van der Waals surface area contributed by atoms with E-state index in [4.69, 9.17) is 0 Å². The van der Waals surface area contributed by atoms with Crippen LogP contribution in [0.2, 0.25) is 0 Å². The molecule has 1 aliphatic carbocycles. The Kier molecular flexibility index (Phi) is 4.95. The van der Waals surface area contributed by atoms with Crippen LogP contribution in [-0.4, -0.2) is 5.11 Å². The molecule has 4 heteroatoms. The van der Waals surface area contributed by atoms with Crippen LogP contribution in [-0.2, 0) is 0 Å². The molecule has 1 saturated carbocycles. The van der Waals surface area contributed by atoms with E-state index >= 15 is 0 Å². The SMILES string of the molecule is CCC1CCC(C#N)(C(O)c2cccc(C(F)F)c2)CC1. The third-order valence-electron chi connectivity index (χ3n) is 4.80. The molecule has 1 atom stereocenters. The Labute approximate surface area is 124 Å². The van der Waals surface area contributed by atoms with Gasteiger partial charge in [0, 0.05) is 5.56 Å². The van der Waals surface area contributed by atoms with Crippen LogP contribution in [0.4, 0.5) is 8.78 Å². The van der Waals surface area contributed by atoms with Gasteiger partial charge in [0.25, 0.3) is 6.43 Å².